The summed E-state index contributed by atoms with van der Waals surface area (Å²) in [5, 5.41) is 31.6. The molecule has 5 rings (SSSR count). The molecule has 37 heavy (non-hydrogen) atoms. The Morgan fingerprint density at radius 1 is 0.973 bits per heavy atom. The van der Waals surface area contributed by atoms with Crippen molar-refractivity contribution in [3.05, 3.63) is 0 Å². The first-order valence-electron chi connectivity index (χ1n) is 15.2. The van der Waals surface area contributed by atoms with Crippen molar-refractivity contribution >= 4 is 6.21 Å². The van der Waals surface area contributed by atoms with Crippen LogP contribution in [-0.2, 0) is 9.57 Å². The van der Waals surface area contributed by atoms with Gasteiger partial charge in [0.05, 0.1) is 12.2 Å². The number of hydrogen-bond donors (Lipinski definition) is 3. The Labute approximate surface area is 224 Å². The summed E-state index contributed by atoms with van der Waals surface area (Å²) in [6, 6.07) is 0.551. The molecule has 5 aliphatic rings. The summed E-state index contributed by atoms with van der Waals surface area (Å²) in [6.45, 7) is 7.98. The van der Waals surface area contributed by atoms with E-state index in [1.54, 1.807) is 0 Å². The second-order valence-electron chi connectivity index (χ2n) is 14.0. The Bertz CT molecular complexity index is 819. The molecule has 0 bridgehead atoms. The van der Waals surface area contributed by atoms with E-state index >= 15 is 0 Å². The van der Waals surface area contributed by atoms with Crippen LogP contribution in [0.4, 0.5) is 0 Å². The number of oxime groups is 1. The van der Waals surface area contributed by atoms with E-state index in [1.807, 2.05) is 20.3 Å². The topological polar surface area (TPSA) is 86.6 Å². The number of fused-ring (bicyclic) bond motifs is 5. The largest absolute Gasteiger partial charge is 0.395 e. The highest BCUT2D eigenvalue weighted by atomic mass is 16.6. The molecule has 1 heterocycles. The summed E-state index contributed by atoms with van der Waals surface area (Å²) >= 11 is 0. The van der Waals surface area contributed by atoms with Crippen LogP contribution in [0.3, 0.4) is 0 Å². The van der Waals surface area contributed by atoms with Gasteiger partial charge < -0.3 is 30.0 Å². The average molecular weight is 520 g/mol. The van der Waals surface area contributed by atoms with E-state index in [4.69, 9.17) is 9.57 Å². The molecule has 0 aromatic rings. The van der Waals surface area contributed by atoms with Gasteiger partial charge in [0.1, 0.15) is 6.61 Å². The number of likely N-dealkylation sites (N-methyl/N-ethyl adjacent to an activating group) is 1. The van der Waals surface area contributed by atoms with E-state index in [1.165, 1.54) is 12.8 Å². The molecule has 5 fully saturated rings. The van der Waals surface area contributed by atoms with Gasteiger partial charge in [-0.25, -0.2) is 0 Å². The van der Waals surface area contributed by atoms with Crippen molar-refractivity contribution in [1.29, 1.82) is 0 Å². The SMILES string of the molecule is CN(C)CCON=C[C@H]1CC[C@]2(O)[C@@H]3CC[C@@H]4C[C@@](O)(OCCC5CCCN5)CC[C@]4(C)[C@H]3CC[C@]12C. The molecule has 1 unspecified atom stereocenters. The van der Waals surface area contributed by atoms with Gasteiger partial charge in [-0.15, -0.1) is 0 Å². The van der Waals surface area contributed by atoms with Crippen LogP contribution in [0.2, 0.25) is 0 Å². The van der Waals surface area contributed by atoms with Gasteiger partial charge >= 0.3 is 0 Å². The Hall–Kier alpha value is -0.730. The van der Waals surface area contributed by atoms with E-state index in [-0.39, 0.29) is 16.7 Å². The Morgan fingerprint density at radius 2 is 1.81 bits per heavy atom. The normalized spacial score (nSPS) is 47.7. The molecule has 0 spiro atoms. The van der Waals surface area contributed by atoms with E-state index < -0.39 is 11.4 Å². The summed E-state index contributed by atoms with van der Waals surface area (Å²) in [5.41, 5.74) is -0.606. The fourth-order valence-corrected chi connectivity index (χ4v) is 9.38. The maximum atomic E-state index is 12.3. The summed E-state index contributed by atoms with van der Waals surface area (Å²) in [4.78, 5) is 7.63. The average Bonchev–Trinajstić information content (AvgIpc) is 3.46. The third-order valence-electron chi connectivity index (χ3n) is 11.9. The lowest BCUT2D eigenvalue weighted by Gasteiger charge is -2.64. The lowest BCUT2D eigenvalue weighted by atomic mass is 9.43. The number of nitrogens with zero attached hydrogens (tertiary/aromatic N) is 2. The standard InChI is InChI=1S/C30H53N3O4/c1-27-14-15-29(34,36-18-11-24-6-5-16-31-24)20-22(27)7-8-26-25(27)10-12-28(2)23(9-13-30(26,28)35)21-32-37-19-17-33(3)4/h21-26,31,34-35H,5-20H2,1-4H3/t22-,23-,24?,25+,26-,27+,28-,29+,30+/m1/s1. The van der Waals surface area contributed by atoms with Crippen LogP contribution in [-0.4, -0.2) is 79.2 Å². The minimum atomic E-state index is -0.975. The maximum Gasteiger partial charge on any atom is 0.165 e. The molecular formula is C30H53N3O4. The molecule has 4 saturated carbocycles. The van der Waals surface area contributed by atoms with Crippen LogP contribution in [0.15, 0.2) is 5.16 Å². The zero-order valence-electron chi connectivity index (χ0n) is 23.9. The van der Waals surface area contributed by atoms with Crippen molar-refractivity contribution in [3.63, 3.8) is 0 Å². The van der Waals surface area contributed by atoms with Crippen molar-refractivity contribution in [2.24, 2.45) is 39.7 Å². The fourth-order valence-electron chi connectivity index (χ4n) is 9.38. The summed E-state index contributed by atoms with van der Waals surface area (Å²) in [6.07, 6.45) is 14.1. The predicted octanol–water partition coefficient (Wildman–Crippen LogP) is 4.17. The highest BCUT2D eigenvalue weighted by Crippen LogP contribution is 2.69. The Morgan fingerprint density at radius 3 is 2.57 bits per heavy atom. The monoisotopic (exact) mass is 519 g/mol. The fraction of sp³-hybridized carbons (Fsp3) is 0.967. The first-order valence-corrected chi connectivity index (χ1v) is 15.2. The molecule has 0 aromatic heterocycles. The minimum absolute atomic E-state index is 0.140. The molecule has 0 amide bonds. The van der Waals surface area contributed by atoms with E-state index in [0.717, 1.165) is 77.3 Å². The van der Waals surface area contributed by atoms with Crippen LogP contribution in [0.25, 0.3) is 0 Å². The lowest BCUT2D eigenvalue weighted by molar-refractivity contribution is -0.269. The van der Waals surface area contributed by atoms with Gasteiger partial charge in [0.25, 0.3) is 0 Å². The molecular weight excluding hydrogens is 466 g/mol. The van der Waals surface area contributed by atoms with Gasteiger partial charge in [-0.1, -0.05) is 19.0 Å². The third kappa shape index (κ3) is 5.13. The predicted molar refractivity (Wildman–Crippen MR) is 146 cm³/mol. The van der Waals surface area contributed by atoms with E-state index in [2.05, 4.69) is 29.2 Å². The van der Waals surface area contributed by atoms with Gasteiger partial charge in [-0.3, -0.25) is 0 Å². The molecule has 3 N–H and O–H groups in total. The number of rotatable bonds is 9. The molecule has 0 radical (unpaired) electrons. The Kier molecular flexibility index (Phi) is 8.03. The van der Waals surface area contributed by atoms with Gasteiger partial charge in [0, 0.05) is 43.0 Å². The van der Waals surface area contributed by atoms with Crippen LogP contribution in [0, 0.1) is 34.5 Å². The molecule has 7 heteroatoms. The molecule has 4 aliphatic carbocycles. The van der Waals surface area contributed by atoms with Gasteiger partial charge in [-0.05, 0) is 108 Å². The quantitative estimate of drug-likeness (QED) is 0.183. The smallest absolute Gasteiger partial charge is 0.165 e. The summed E-state index contributed by atoms with van der Waals surface area (Å²) in [7, 11) is 4.07. The molecule has 0 aromatic carbocycles. The van der Waals surface area contributed by atoms with Crippen LogP contribution in [0.1, 0.15) is 90.9 Å². The Balaban J connectivity index is 1.21. The third-order valence-corrected chi connectivity index (χ3v) is 11.9. The molecule has 1 saturated heterocycles. The van der Waals surface area contributed by atoms with Crippen molar-refractivity contribution in [1.82, 2.24) is 10.2 Å². The molecule has 7 nitrogen and oxygen atoms in total. The second-order valence-corrected chi connectivity index (χ2v) is 14.0. The van der Waals surface area contributed by atoms with Gasteiger partial charge in [-0.2, -0.15) is 0 Å². The van der Waals surface area contributed by atoms with Crippen molar-refractivity contribution in [3.8, 4) is 0 Å². The summed E-state index contributed by atoms with van der Waals surface area (Å²) < 4.78 is 6.19. The van der Waals surface area contributed by atoms with E-state index in [9.17, 15) is 10.2 Å². The highest BCUT2D eigenvalue weighted by molar-refractivity contribution is 5.63. The van der Waals surface area contributed by atoms with Crippen LogP contribution >= 0.6 is 0 Å². The first kappa shape index (κ1) is 27.8. The lowest BCUT2D eigenvalue weighted by Crippen LogP contribution is -2.63. The van der Waals surface area contributed by atoms with E-state index in [0.29, 0.717) is 37.0 Å². The van der Waals surface area contributed by atoms with Gasteiger partial charge in [0.2, 0.25) is 0 Å². The second kappa shape index (κ2) is 10.7. The van der Waals surface area contributed by atoms with Crippen molar-refractivity contribution in [2.45, 2.75) is 108 Å². The number of ether oxygens (including phenoxy) is 1. The van der Waals surface area contributed by atoms with Crippen LogP contribution < -0.4 is 5.32 Å². The zero-order valence-corrected chi connectivity index (χ0v) is 23.9. The van der Waals surface area contributed by atoms with Crippen LogP contribution in [0.5, 0.6) is 0 Å². The van der Waals surface area contributed by atoms with Crippen molar-refractivity contribution < 1.29 is 19.8 Å². The summed E-state index contributed by atoms with van der Waals surface area (Å²) in [5.74, 6) is 0.609. The number of hydrogen-bond acceptors (Lipinski definition) is 7. The molecule has 9 atom stereocenters. The van der Waals surface area contributed by atoms with Gasteiger partial charge in [0.15, 0.2) is 5.79 Å². The van der Waals surface area contributed by atoms with Crippen molar-refractivity contribution in [2.75, 3.05) is 40.4 Å². The zero-order chi connectivity index (χ0) is 26.3. The number of aliphatic hydroxyl groups is 2. The maximum absolute atomic E-state index is 12.3. The minimum Gasteiger partial charge on any atom is -0.395 e. The molecule has 1 aliphatic heterocycles. The first-order chi connectivity index (χ1) is 17.6. The molecule has 212 valence electrons. The highest BCUT2D eigenvalue weighted by Gasteiger charge is 2.67. The number of nitrogens with one attached hydrogen (secondary N) is 1.